The first kappa shape index (κ1) is 12.9. The highest BCUT2D eigenvalue weighted by molar-refractivity contribution is 5.67. The summed E-state index contributed by atoms with van der Waals surface area (Å²) in [5, 5.41) is 0. The van der Waals surface area contributed by atoms with Crippen molar-refractivity contribution < 1.29 is 4.74 Å². The molecule has 0 radical (unpaired) electrons. The quantitative estimate of drug-likeness (QED) is 0.868. The van der Waals surface area contributed by atoms with Gasteiger partial charge in [0.05, 0.1) is 17.9 Å². The van der Waals surface area contributed by atoms with Crippen LogP contribution in [0.15, 0.2) is 54.6 Å². The number of benzene rings is 2. The Morgan fingerprint density at radius 1 is 1.00 bits per heavy atom. The van der Waals surface area contributed by atoms with Gasteiger partial charge in [-0.25, -0.2) is 0 Å². The number of hydrogen-bond donors (Lipinski definition) is 1. The Hall–Kier alpha value is -2.16. The van der Waals surface area contributed by atoms with Gasteiger partial charge >= 0.3 is 0 Å². The van der Waals surface area contributed by atoms with E-state index in [4.69, 9.17) is 10.5 Å². The molecule has 1 heterocycles. The summed E-state index contributed by atoms with van der Waals surface area (Å²) in [6.45, 7) is 1.94. The average molecular weight is 268 g/mol. The fourth-order valence-corrected chi connectivity index (χ4v) is 2.72. The largest absolute Gasteiger partial charge is 0.489 e. The maximum absolute atomic E-state index is 6.07. The monoisotopic (exact) mass is 268 g/mol. The van der Waals surface area contributed by atoms with E-state index in [0.717, 1.165) is 43.1 Å². The third-order valence-corrected chi connectivity index (χ3v) is 3.70. The normalized spacial score (nSPS) is 18.8. The predicted molar refractivity (Wildman–Crippen MR) is 83.2 cm³/mol. The van der Waals surface area contributed by atoms with Gasteiger partial charge in [0.15, 0.2) is 0 Å². The molecular formula is C17H20N2O. The molecular weight excluding hydrogens is 248 g/mol. The predicted octanol–water partition coefficient (Wildman–Crippen LogP) is 3.32. The van der Waals surface area contributed by atoms with E-state index in [1.165, 1.54) is 0 Å². The van der Waals surface area contributed by atoms with Gasteiger partial charge in [0, 0.05) is 6.54 Å². The second-order valence-corrected chi connectivity index (χ2v) is 5.20. The smallest absolute Gasteiger partial charge is 0.119 e. The number of anilines is 2. The van der Waals surface area contributed by atoms with Gasteiger partial charge in [-0.1, -0.05) is 30.3 Å². The van der Waals surface area contributed by atoms with Crippen LogP contribution in [0.25, 0.3) is 0 Å². The Morgan fingerprint density at radius 2 is 1.75 bits per heavy atom. The number of rotatable bonds is 3. The van der Waals surface area contributed by atoms with E-state index in [9.17, 15) is 0 Å². The molecule has 0 amide bonds. The molecule has 1 saturated heterocycles. The molecule has 1 aliphatic heterocycles. The molecule has 0 spiro atoms. The number of para-hydroxylation sites is 3. The van der Waals surface area contributed by atoms with Crippen LogP contribution in [0.5, 0.6) is 5.75 Å². The molecule has 0 aliphatic carbocycles. The fraction of sp³-hybridized carbons (Fsp3) is 0.294. The first-order valence-corrected chi connectivity index (χ1v) is 7.14. The molecule has 3 nitrogen and oxygen atoms in total. The van der Waals surface area contributed by atoms with Crippen LogP contribution >= 0.6 is 0 Å². The van der Waals surface area contributed by atoms with Gasteiger partial charge in [-0.2, -0.15) is 0 Å². The van der Waals surface area contributed by atoms with Gasteiger partial charge < -0.3 is 15.4 Å². The number of ether oxygens (including phenoxy) is 1. The van der Waals surface area contributed by atoms with Crippen molar-refractivity contribution in [3.63, 3.8) is 0 Å². The maximum Gasteiger partial charge on any atom is 0.119 e. The molecule has 0 bridgehead atoms. The van der Waals surface area contributed by atoms with Crippen molar-refractivity contribution in [3.8, 4) is 5.75 Å². The summed E-state index contributed by atoms with van der Waals surface area (Å²) in [6.07, 6.45) is 2.45. The fourth-order valence-electron chi connectivity index (χ4n) is 2.72. The van der Waals surface area contributed by atoms with Crippen molar-refractivity contribution in [2.75, 3.05) is 23.7 Å². The summed E-state index contributed by atoms with van der Waals surface area (Å²) in [4.78, 5) is 2.33. The summed E-state index contributed by atoms with van der Waals surface area (Å²) in [5.74, 6) is 0.945. The van der Waals surface area contributed by atoms with Gasteiger partial charge in [-0.15, -0.1) is 0 Å². The summed E-state index contributed by atoms with van der Waals surface area (Å²) in [5.41, 5.74) is 8.03. The molecule has 2 aromatic rings. The molecule has 1 atom stereocenters. The molecule has 1 unspecified atom stereocenters. The molecule has 3 heteroatoms. The highest BCUT2D eigenvalue weighted by Crippen LogP contribution is 2.27. The zero-order chi connectivity index (χ0) is 13.8. The molecule has 0 aromatic heterocycles. The molecule has 2 aromatic carbocycles. The topological polar surface area (TPSA) is 38.5 Å². The number of hydrogen-bond acceptors (Lipinski definition) is 3. The van der Waals surface area contributed by atoms with E-state index in [0.29, 0.717) is 0 Å². The number of nitrogens with zero attached hydrogens (tertiary/aromatic N) is 1. The number of nitrogens with two attached hydrogens (primary N) is 1. The third kappa shape index (κ3) is 2.87. The van der Waals surface area contributed by atoms with Crippen molar-refractivity contribution in [2.24, 2.45) is 0 Å². The van der Waals surface area contributed by atoms with E-state index in [-0.39, 0.29) is 6.10 Å². The van der Waals surface area contributed by atoms with Gasteiger partial charge in [0.2, 0.25) is 0 Å². The lowest BCUT2D eigenvalue weighted by Gasteiger charge is -2.35. The zero-order valence-electron chi connectivity index (χ0n) is 11.5. The summed E-state index contributed by atoms with van der Waals surface area (Å²) in [6, 6.07) is 18.1. The van der Waals surface area contributed by atoms with Gasteiger partial charge in [0.25, 0.3) is 0 Å². The van der Waals surface area contributed by atoms with Crippen molar-refractivity contribution in [1.29, 1.82) is 0 Å². The molecule has 2 N–H and O–H groups in total. The van der Waals surface area contributed by atoms with Crippen LogP contribution in [-0.2, 0) is 0 Å². The Morgan fingerprint density at radius 3 is 2.55 bits per heavy atom. The Balaban J connectivity index is 1.69. The van der Waals surface area contributed by atoms with E-state index >= 15 is 0 Å². The SMILES string of the molecule is Nc1ccccc1N1CCCC(Oc2ccccc2)C1. The van der Waals surface area contributed by atoms with E-state index in [2.05, 4.69) is 11.0 Å². The molecule has 0 saturated carbocycles. The minimum Gasteiger partial charge on any atom is -0.489 e. The first-order valence-electron chi connectivity index (χ1n) is 7.14. The molecule has 104 valence electrons. The molecule has 3 rings (SSSR count). The van der Waals surface area contributed by atoms with Crippen molar-refractivity contribution >= 4 is 11.4 Å². The van der Waals surface area contributed by atoms with Crippen LogP contribution in [0.2, 0.25) is 0 Å². The second kappa shape index (κ2) is 5.87. The highest BCUT2D eigenvalue weighted by Gasteiger charge is 2.22. The van der Waals surface area contributed by atoms with Gasteiger partial charge in [0.1, 0.15) is 11.9 Å². The number of piperidine rings is 1. The van der Waals surface area contributed by atoms with E-state index in [1.807, 2.05) is 48.5 Å². The van der Waals surface area contributed by atoms with Crippen LogP contribution in [-0.4, -0.2) is 19.2 Å². The van der Waals surface area contributed by atoms with Crippen molar-refractivity contribution in [2.45, 2.75) is 18.9 Å². The van der Waals surface area contributed by atoms with Crippen LogP contribution in [0, 0.1) is 0 Å². The van der Waals surface area contributed by atoms with Crippen LogP contribution in [0.1, 0.15) is 12.8 Å². The average Bonchev–Trinajstić information content (AvgIpc) is 2.49. The van der Waals surface area contributed by atoms with Crippen LogP contribution < -0.4 is 15.4 Å². The lowest BCUT2D eigenvalue weighted by molar-refractivity contribution is 0.179. The maximum atomic E-state index is 6.07. The summed E-state index contributed by atoms with van der Waals surface area (Å²) < 4.78 is 6.06. The molecule has 20 heavy (non-hydrogen) atoms. The third-order valence-electron chi connectivity index (χ3n) is 3.70. The van der Waals surface area contributed by atoms with E-state index in [1.54, 1.807) is 0 Å². The molecule has 1 aliphatic rings. The van der Waals surface area contributed by atoms with Gasteiger partial charge in [-0.05, 0) is 37.1 Å². The summed E-state index contributed by atoms with van der Waals surface area (Å²) >= 11 is 0. The highest BCUT2D eigenvalue weighted by atomic mass is 16.5. The van der Waals surface area contributed by atoms with Crippen molar-refractivity contribution in [1.82, 2.24) is 0 Å². The Kier molecular flexibility index (Phi) is 3.77. The second-order valence-electron chi connectivity index (χ2n) is 5.20. The Labute approximate surface area is 120 Å². The minimum atomic E-state index is 0.228. The number of nitrogen functional groups attached to an aromatic ring is 1. The first-order chi connectivity index (χ1) is 9.83. The minimum absolute atomic E-state index is 0.228. The van der Waals surface area contributed by atoms with Gasteiger partial charge in [-0.3, -0.25) is 0 Å². The lowest BCUT2D eigenvalue weighted by Crippen LogP contribution is -2.41. The van der Waals surface area contributed by atoms with Crippen LogP contribution in [0.3, 0.4) is 0 Å². The lowest BCUT2D eigenvalue weighted by atomic mass is 10.1. The Bertz CT molecular complexity index is 556. The van der Waals surface area contributed by atoms with Crippen LogP contribution in [0.4, 0.5) is 11.4 Å². The summed E-state index contributed by atoms with van der Waals surface area (Å²) in [7, 11) is 0. The van der Waals surface area contributed by atoms with E-state index < -0.39 is 0 Å². The standard InChI is InChI=1S/C17H20N2O/c18-16-10-4-5-11-17(16)19-12-6-9-15(13-19)20-14-7-2-1-3-8-14/h1-5,7-8,10-11,15H,6,9,12-13,18H2. The zero-order valence-corrected chi connectivity index (χ0v) is 11.5. The molecule has 1 fully saturated rings. The van der Waals surface area contributed by atoms with Crippen molar-refractivity contribution in [3.05, 3.63) is 54.6 Å².